The van der Waals surface area contributed by atoms with Crippen molar-refractivity contribution in [1.29, 1.82) is 0 Å². The smallest absolute Gasteiger partial charge is 0.191 e. The highest BCUT2D eigenvalue weighted by Gasteiger charge is 2.15. The van der Waals surface area contributed by atoms with Crippen LogP contribution in [0.1, 0.15) is 24.0 Å². The summed E-state index contributed by atoms with van der Waals surface area (Å²) < 4.78 is 13.0. The maximum atomic E-state index is 5.72. The standard InChI is InChI=1S/C21H31N5O2.HI/c1-22-21(23-9-5-10-27-16-19-8-11-28-17-19)24-12-20-13-25-26(15-20)14-18-6-3-2-4-7-18;/h2-4,6-7,13,15,19H,5,8-12,14,16-17H2,1H3,(H2,22,23,24);1H. The summed E-state index contributed by atoms with van der Waals surface area (Å²) in [6.07, 6.45) is 6.03. The molecule has 1 unspecified atom stereocenters. The minimum atomic E-state index is 0. The van der Waals surface area contributed by atoms with Crippen molar-refractivity contribution in [1.82, 2.24) is 20.4 Å². The third-order valence-corrected chi connectivity index (χ3v) is 4.69. The summed E-state index contributed by atoms with van der Waals surface area (Å²) in [6, 6.07) is 10.3. The van der Waals surface area contributed by atoms with Gasteiger partial charge in [-0.1, -0.05) is 30.3 Å². The highest BCUT2D eigenvalue weighted by atomic mass is 127. The second-order valence-corrected chi connectivity index (χ2v) is 7.04. The molecule has 2 N–H and O–H groups in total. The van der Waals surface area contributed by atoms with E-state index in [1.165, 1.54) is 5.56 Å². The van der Waals surface area contributed by atoms with Crippen molar-refractivity contribution < 1.29 is 9.47 Å². The van der Waals surface area contributed by atoms with E-state index in [1.54, 1.807) is 7.05 Å². The number of halogens is 1. The number of rotatable bonds is 10. The quantitative estimate of drug-likeness (QED) is 0.221. The Labute approximate surface area is 190 Å². The van der Waals surface area contributed by atoms with E-state index in [0.717, 1.165) is 63.9 Å². The molecule has 1 aromatic heterocycles. The molecule has 2 aromatic rings. The molecule has 1 aromatic carbocycles. The van der Waals surface area contributed by atoms with E-state index >= 15 is 0 Å². The lowest BCUT2D eigenvalue weighted by atomic mass is 10.1. The van der Waals surface area contributed by atoms with Crippen molar-refractivity contribution >= 4 is 29.9 Å². The van der Waals surface area contributed by atoms with Gasteiger partial charge in [0.15, 0.2) is 5.96 Å². The van der Waals surface area contributed by atoms with Crippen LogP contribution in [0.25, 0.3) is 0 Å². The Bertz CT molecular complexity index is 717. The average molecular weight is 513 g/mol. The summed E-state index contributed by atoms with van der Waals surface area (Å²) in [5.74, 6) is 1.37. The molecule has 160 valence electrons. The number of aromatic nitrogens is 2. The molecule has 0 radical (unpaired) electrons. The first-order valence-electron chi connectivity index (χ1n) is 9.99. The van der Waals surface area contributed by atoms with Crippen LogP contribution in [0.15, 0.2) is 47.7 Å². The Morgan fingerprint density at radius 3 is 2.90 bits per heavy atom. The topological polar surface area (TPSA) is 72.7 Å². The third-order valence-electron chi connectivity index (χ3n) is 4.69. The molecule has 0 spiro atoms. The van der Waals surface area contributed by atoms with E-state index in [-0.39, 0.29) is 24.0 Å². The monoisotopic (exact) mass is 513 g/mol. The molecule has 1 aliphatic heterocycles. The van der Waals surface area contributed by atoms with Gasteiger partial charge in [-0.15, -0.1) is 24.0 Å². The molecule has 3 rings (SSSR count). The van der Waals surface area contributed by atoms with Gasteiger partial charge in [0.1, 0.15) is 0 Å². The minimum absolute atomic E-state index is 0. The molecular weight excluding hydrogens is 481 g/mol. The van der Waals surface area contributed by atoms with Gasteiger partial charge in [-0.2, -0.15) is 5.10 Å². The molecule has 0 aliphatic carbocycles. The number of nitrogens with zero attached hydrogens (tertiary/aromatic N) is 3. The van der Waals surface area contributed by atoms with Crippen LogP contribution >= 0.6 is 24.0 Å². The molecule has 29 heavy (non-hydrogen) atoms. The molecule has 2 heterocycles. The van der Waals surface area contributed by atoms with Gasteiger partial charge in [0.05, 0.1) is 26.0 Å². The zero-order valence-electron chi connectivity index (χ0n) is 17.0. The molecule has 1 fully saturated rings. The second-order valence-electron chi connectivity index (χ2n) is 7.04. The lowest BCUT2D eigenvalue weighted by molar-refractivity contribution is 0.0888. The van der Waals surface area contributed by atoms with Crippen molar-refractivity contribution in [2.24, 2.45) is 10.9 Å². The number of aliphatic imine (C=N–C) groups is 1. The SMILES string of the molecule is CN=C(NCCCOCC1CCOC1)NCc1cnn(Cc2ccccc2)c1.I. The fourth-order valence-electron chi connectivity index (χ4n) is 3.11. The molecule has 8 heteroatoms. The highest BCUT2D eigenvalue weighted by Crippen LogP contribution is 2.12. The van der Waals surface area contributed by atoms with E-state index in [2.05, 4.69) is 39.1 Å². The first-order chi connectivity index (χ1) is 13.8. The molecule has 1 atom stereocenters. The number of ether oxygens (including phenoxy) is 2. The van der Waals surface area contributed by atoms with Crippen molar-refractivity contribution in [3.05, 3.63) is 53.9 Å². The summed E-state index contributed by atoms with van der Waals surface area (Å²) in [7, 11) is 1.78. The maximum absolute atomic E-state index is 5.72. The van der Waals surface area contributed by atoms with Gasteiger partial charge in [0, 0.05) is 51.0 Å². The maximum Gasteiger partial charge on any atom is 0.191 e. The van der Waals surface area contributed by atoms with Crippen LogP contribution in [0.3, 0.4) is 0 Å². The highest BCUT2D eigenvalue weighted by molar-refractivity contribution is 14.0. The molecule has 1 saturated heterocycles. The molecule has 1 aliphatic rings. The number of hydrogen-bond acceptors (Lipinski definition) is 4. The van der Waals surface area contributed by atoms with Gasteiger partial charge in [-0.25, -0.2) is 0 Å². The molecule has 0 saturated carbocycles. The van der Waals surface area contributed by atoms with E-state index in [4.69, 9.17) is 9.47 Å². The predicted octanol–water partition coefficient (Wildman–Crippen LogP) is 2.66. The van der Waals surface area contributed by atoms with Crippen LogP contribution < -0.4 is 10.6 Å². The number of nitrogens with one attached hydrogen (secondary N) is 2. The number of benzene rings is 1. The molecule has 7 nitrogen and oxygen atoms in total. The second kappa shape index (κ2) is 13.6. The van der Waals surface area contributed by atoms with Crippen LogP contribution in [0.4, 0.5) is 0 Å². The fraction of sp³-hybridized carbons (Fsp3) is 0.524. The minimum Gasteiger partial charge on any atom is -0.381 e. The zero-order valence-corrected chi connectivity index (χ0v) is 19.4. The summed E-state index contributed by atoms with van der Waals surface area (Å²) in [6.45, 7) is 5.58. The van der Waals surface area contributed by atoms with Crippen molar-refractivity contribution in [2.75, 3.05) is 40.0 Å². The van der Waals surface area contributed by atoms with Crippen LogP contribution in [0.5, 0.6) is 0 Å². The first kappa shape index (κ1) is 23.6. The molecular formula is C21H32IN5O2. The van der Waals surface area contributed by atoms with E-state index in [1.807, 2.05) is 29.1 Å². The predicted molar refractivity (Wildman–Crippen MR) is 126 cm³/mol. The van der Waals surface area contributed by atoms with E-state index < -0.39 is 0 Å². The van der Waals surface area contributed by atoms with Crippen LogP contribution in [-0.2, 0) is 22.6 Å². The van der Waals surface area contributed by atoms with Gasteiger partial charge in [-0.05, 0) is 18.4 Å². The summed E-state index contributed by atoms with van der Waals surface area (Å²) >= 11 is 0. The summed E-state index contributed by atoms with van der Waals surface area (Å²) in [4.78, 5) is 4.27. The number of guanidine groups is 1. The van der Waals surface area contributed by atoms with E-state index in [0.29, 0.717) is 12.5 Å². The van der Waals surface area contributed by atoms with Crippen molar-refractivity contribution in [3.63, 3.8) is 0 Å². The molecule has 0 bridgehead atoms. The lowest BCUT2D eigenvalue weighted by Gasteiger charge is -2.12. The Morgan fingerprint density at radius 2 is 2.14 bits per heavy atom. The van der Waals surface area contributed by atoms with E-state index in [9.17, 15) is 0 Å². The van der Waals surface area contributed by atoms with Crippen LogP contribution in [0.2, 0.25) is 0 Å². The van der Waals surface area contributed by atoms with Crippen LogP contribution in [0, 0.1) is 5.92 Å². The Morgan fingerprint density at radius 1 is 1.28 bits per heavy atom. The Kier molecular flexibility index (Phi) is 11.0. The lowest BCUT2D eigenvalue weighted by Crippen LogP contribution is -2.37. The number of hydrogen-bond donors (Lipinski definition) is 2. The zero-order chi connectivity index (χ0) is 19.4. The van der Waals surface area contributed by atoms with Gasteiger partial charge < -0.3 is 20.1 Å². The third kappa shape index (κ3) is 8.71. The average Bonchev–Trinajstić information content (AvgIpc) is 3.40. The summed E-state index contributed by atoms with van der Waals surface area (Å²) in [5, 5.41) is 11.1. The fourth-order valence-corrected chi connectivity index (χ4v) is 3.11. The van der Waals surface area contributed by atoms with Crippen molar-refractivity contribution in [2.45, 2.75) is 25.9 Å². The largest absolute Gasteiger partial charge is 0.381 e. The van der Waals surface area contributed by atoms with Gasteiger partial charge in [0.2, 0.25) is 0 Å². The van der Waals surface area contributed by atoms with Crippen LogP contribution in [-0.4, -0.2) is 55.8 Å². The van der Waals surface area contributed by atoms with Gasteiger partial charge >= 0.3 is 0 Å². The normalized spacial score (nSPS) is 16.4. The van der Waals surface area contributed by atoms with Gasteiger partial charge in [-0.3, -0.25) is 9.67 Å². The van der Waals surface area contributed by atoms with Crippen molar-refractivity contribution in [3.8, 4) is 0 Å². The Hall–Kier alpha value is -1.65. The first-order valence-corrected chi connectivity index (χ1v) is 9.99. The molecule has 0 amide bonds. The Balaban J connectivity index is 0.00000300. The van der Waals surface area contributed by atoms with Gasteiger partial charge in [0.25, 0.3) is 0 Å². The summed E-state index contributed by atoms with van der Waals surface area (Å²) in [5.41, 5.74) is 2.37.